The van der Waals surface area contributed by atoms with Gasteiger partial charge < -0.3 is 19.9 Å². The molecule has 2 aromatic rings. The minimum absolute atomic E-state index is 0.571. The van der Waals surface area contributed by atoms with Crippen LogP contribution in [0.5, 0.6) is 0 Å². The number of aromatic nitrogens is 3. The van der Waals surface area contributed by atoms with Crippen molar-refractivity contribution in [2.24, 2.45) is 12.0 Å². The van der Waals surface area contributed by atoms with Gasteiger partial charge in [0.05, 0.1) is 13.1 Å². The Hall–Kier alpha value is -2.41. The molecular weight excluding hydrogens is 316 g/mol. The van der Waals surface area contributed by atoms with Crippen LogP contribution in [0.15, 0.2) is 29.3 Å². The van der Waals surface area contributed by atoms with Crippen molar-refractivity contribution in [2.75, 3.05) is 20.3 Å². The normalized spacial score (nSPS) is 11.6. The first kappa shape index (κ1) is 18.9. The highest BCUT2D eigenvalue weighted by Crippen LogP contribution is 2.05. The van der Waals surface area contributed by atoms with Crippen molar-refractivity contribution < 1.29 is 4.74 Å². The second kappa shape index (κ2) is 9.78. The van der Waals surface area contributed by atoms with Gasteiger partial charge in [0.1, 0.15) is 5.82 Å². The monoisotopic (exact) mass is 344 g/mol. The van der Waals surface area contributed by atoms with Gasteiger partial charge in [-0.2, -0.15) is 0 Å². The lowest BCUT2D eigenvalue weighted by Crippen LogP contribution is -2.38. The van der Waals surface area contributed by atoms with E-state index in [1.54, 1.807) is 7.11 Å². The van der Waals surface area contributed by atoms with Gasteiger partial charge in [-0.3, -0.25) is 0 Å². The summed E-state index contributed by atoms with van der Waals surface area (Å²) in [5.41, 5.74) is 2.43. The van der Waals surface area contributed by atoms with E-state index < -0.39 is 0 Å². The molecule has 0 aliphatic heterocycles. The number of hydrogen-bond acceptors (Lipinski definition) is 4. The minimum Gasteiger partial charge on any atom is -0.385 e. The number of nitrogens with zero attached hydrogens (tertiary/aromatic N) is 4. The van der Waals surface area contributed by atoms with Crippen molar-refractivity contribution in [3.63, 3.8) is 0 Å². The predicted molar refractivity (Wildman–Crippen MR) is 99.4 cm³/mol. The van der Waals surface area contributed by atoms with Crippen LogP contribution >= 0.6 is 0 Å². The molecular formula is C18H28N6O. The topological polar surface area (TPSA) is 76.4 Å². The number of aliphatic imine (C=N–C) groups is 1. The third-order valence-corrected chi connectivity index (χ3v) is 3.92. The Morgan fingerprint density at radius 3 is 2.76 bits per heavy atom. The van der Waals surface area contributed by atoms with Gasteiger partial charge in [0.25, 0.3) is 0 Å². The maximum atomic E-state index is 5.09. The van der Waals surface area contributed by atoms with E-state index in [1.807, 2.05) is 18.5 Å². The highest BCUT2D eigenvalue weighted by molar-refractivity contribution is 5.79. The Labute approximate surface area is 149 Å². The number of methoxy groups -OCH3 is 1. The van der Waals surface area contributed by atoms with E-state index in [0.29, 0.717) is 13.1 Å². The van der Waals surface area contributed by atoms with E-state index in [0.717, 1.165) is 37.2 Å². The summed E-state index contributed by atoms with van der Waals surface area (Å²) in [6, 6.07) is 8.39. The molecule has 0 saturated heterocycles. The lowest BCUT2D eigenvalue weighted by Gasteiger charge is -2.12. The Kier molecular flexibility index (Phi) is 7.40. The van der Waals surface area contributed by atoms with Crippen molar-refractivity contribution in [1.82, 2.24) is 25.4 Å². The molecule has 7 heteroatoms. The van der Waals surface area contributed by atoms with Crippen LogP contribution in [0.1, 0.15) is 29.2 Å². The van der Waals surface area contributed by atoms with Crippen molar-refractivity contribution in [3.8, 4) is 0 Å². The van der Waals surface area contributed by atoms with Gasteiger partial charge >= 0.3 is 0 Å². The number of aryl methyl sites for hydroxylation is 2. The van der Waals surface area contributed by atoms with Crippen molar-refractivity contribution in [3.05, 3.63) is 47.0 Å². The summed E-state index contributed by atoms with van der Waals surface area (Å²) in [6.45, 7) is 6.74. The zero-order valence-corrected chi connectivity index (χ0v) is 15.5. The molecule has 0 spiro atoms. The average molecular weight is 344 g/mol. The lowest BCUT2D eigenvalue weighted by molar-refractivity contribution is 0.195. The van der Waals surface area contributed by atoms with Crippen molar-refractivity contribution in [2.45, 2.75) is 33.4 Å². The number of guanidine groups is 1. The highest BCUT2D eigenvalue weighted by Gasteiger charge is 2.06. The van der Waals surface area contributed by atoms with Gasteiger partial charge in [-0.05, 0) is 25.8 Å². The van der Waals surface area contributed by atoms with Crippen LogP contribution in [-0.4, -0.2) is 41.0 Å². The molecule has 1 heterocycles. The van der Waals surface area contributed by atoms with Crippen LogP contribution < -0.4 is 10.6 Å². The first-order valence-corrected chi connectivity index (χ1v) is 8.51. The van der Waals surface area contributed by atoms with Gasteiger partial charge in [-0.1, -0.05) is 29.8 Å². The van der Waals surface area contributed by atoms with Crippen LogP contribution in [0, 0.1) is 13.8 Å². The van der Waals surface area contributed by atoms with Gasteiger partial charge in [0.2, 0.25) is 0 Å². The first-order valence-electron chi connectivity index (χ1n) is 8.51. The Balaban J connectivity index is 1.98. The highest BCUT2D eigenvalue weighted by atomic mass is 16.5. The summed E-state index contributed by atoms with van der Waals surface area (Å²) in [5.74, 6) is 2.53. The second-order valence-electron chi connectivity index (χ2n) is 6.00. The maximum Gasteiger partial charge on any atom is 0.191 e. The molecule has 1 aromatic heterocycles. The molecule has 2 rings (SSSR count). The SMILES string of the molecule is COCCCNC(=NCc1cccc(C)c1)NCc1nnc(C)n1C. The van der Waals surface area contributed by atoms with Gasteiger partial charge in [0, 0.05) is 27.3 Å². The predicted octanol–water partition coefficient (Wildman–Crippen LogP) is 1.70. The summed E-state index contributed by atoms with van der Waals surface area (Å²) in [5, 5.41) is 14.9. The Bertz CT molecular complexity index is 695. The van der Waals surface area contributed by atoms with E-state index in [2.05, 4.69) is 57.0 Å². The molecule has 0 saturated carbocycles. The molecule has 2 N–H and O–H groups in total. The molecule has 0 aliphatic rings. The fourth-order valence-electron chi connectivity index (χ4n) is 2.35. The summed E-state index contributed by atoms with van der Waals surface area (Å²) in [4.78, 5) is 4.68. The van der Waals surface area contributed by atoms with Gasteiger partial charge in [-0.25, -0.2) is 4.99 Å². The molecule has 0 amide bonds. The largest absolute Gasteiger partial charge is 0.385 e. The number of benzene rings is 1. The van der Waals surface area contributed by atoms with E-state index in [4.69, 9.17) is 4.74 Å². The zero-order chi connectivity index (χ0) is 18.1. The molecule has 0 unspecified atom stereocenters. The van der Waals surface area contributed by atoms with E-state index in [1.165, 1.54) is 11.1 Å². The third kappa shape index (κ3) is 6.19. The molecule has 7 nitrogen and oxygen atoms in total. The van der Waals surface area contributed by atoms with E-state index >= 15 is 0 Å². The maximum absolute atomic E-state index is 5.09. The molecule has 0 bridgehead atoms. The molecule has 25 heavy (non-hydrogen) atoms. The summed E-state index contributed by atoms with van der Waals surface area (Å²) < 4.78 is 7.06. The summed E-state index contributed by atoms with van der Waals surface area (Å²) in [7, 11) is 3.67. The summed E-state index contributed by atoms with van der Waals surface area (Å²) >= 11 is 0. The molecule has 0 radical (unpaired) electrons. The van der Waals surface area contributed by atoms with Crippen LogP contribution in [0.3, 0.4) is 0 Å². The zero-order valence-electron chi connectivity index (χ0n) is 15.5. The Morgan fingerprint density at radius 1 is 1.24 bits per heavy atom. The standard InChI is InChI=1S/C18H28N6O/c1-14-7-5-8-16(11-14)12-20-18(19-9-6-10-25-4)21-13-17-23-22-15(2)24(17)3/h5,7-8,11H,6,9-10,12-13H2,1-4H3,(H2,19,20,21). The van der Waals surface area contributed by atoms with Crippen LogP contribution in [-0.2, 0) is 24.9 Å². The van der Waals surface area contributed by atoms with Crippen LogP contribution in [0.25, 0.3) is 0 Å². The Morgan fingerprint density at radius 2 is 2.08 bits per heavy atom. The first-order chi connectivity index (χ1) is 12.1. The quantitative estimate of drug-likeness (QED) is 0.433. The van der Waals surface area contributed by atoms with Crippen LogP contribution in [0.4, 0.5) is 0 Å². The number of rotatable bonds is 8. The lowest BCUT2D eigenvalue weighted by atomic mass is 10.1. The van der Waals surface area contributed by atoms with Gasteiger partial charge in [-0.15, -0.1) is 10.2 Å². The van der Waals surface area contributed by atoms with E-state index in [-0.39, 0.29) is 0 Å². The molecule has 0 aliphatic carbocycles. The fraction of sp³-hybridized carbons (Fsp3) is 0.500. The smallest absolute Gasteiger partial charge is 0.191 e. The van der Waals surface area contributed by atoms with Gasteiger partial charge in [0.15, 0.2) is 11.8 Å². The number of ether oxygens (including phenoxy) is 1. The molecule has 136 valence electrons. The fourth-order valence-corrected chi connectivity index (χ4v) is 2.35. The van der Waals surface area contributed by atoms with E-state index in [9.17, 15) is 0 Å². The number of nitrogens with one attached hydrogen (secondary N) is 2. The second-order valence-corrected chi connectivity index (χ2v) is 6.00. The number of hydrogen-bond donors (Lipinski definition) is 2. The minimum atomic E-state index is 0.571. The third-order valence-electron chi connectivity index (χ3n) is 3.92. The molecule has 0 fully saturated rings. The van der Waals surface area contributed by atoms with Crippen molar-refractivity contribution in [1.29, 1.82) is 0 Å². The van der Waals surface area contributed by atoms with Crippen molar-refractivity contribution >= 4 is 5.96 Å². The molecule has 0 atom stereocenters. The summed E-state index contributed by atoms with van der Waals surface area (Å²) in [6.07, 6.45) is 0.921. The molecule has 1 aromatic carbocycles. The average Bonchev–Trinajstić information content (AvgIpc) is 2.92. The van der Waals surface area contributed by atoms with Crippen LogP contribution in [0.2, 0.25) is 0 Å².